The minimum Gasteiger partial charge on any atom is -0.313 e. The van der Waals surface area contributed by atoms with E-state index in [4.69, 9.17) is 0 Å². The molecular weight excluding hydrogens is 241 g/mol. The molecule has 0 spiro atoms. The number of alkyl halides is 3. The monoisotopic (exact) mass is 258 g/mol. The normalized spacial score (nSPS) is 15.9. The summed E-state index contributed by atoms with van der Waals surface area (Å²) >= 11 is 0. The Hall–Kier alpha value is -1.07. The maximum absolute atomic E-state index is 12.5. The van der Waals surface area contributed by atoms with E-state index in [1.165, 1.54) is 25.0 Å². The van der Waals surface area contributed by atoms with Gasteiger partial charge in [-0.3, -0.25) is 0 Å². The van der Waals surface area contributed by atoms with E-state index in [0.717, 1.165) is 19.2 Å². The second kappa shape index (κ2) is 5.71. The summed E-state index contributed by atoms with van der Waals surface area (Å²) in [5.74, 6) is 0. The zero-order valence-electron chi connectivity index (χ0n) is 10.1. The molecule has 100 valence electrons. The van der Waals surface area contributed by atoms with Gasteiger partial charge in [0.1, 0.15) is 0 Å². The summed E-state index contributed by atoms with van der Waals surface area (Å²) < 4.78 is 37.4. The van der Waals surface area contributed by atoms with Crippen molar-refractivity contribution in [3.8, 4) is 0 Å². The van der Waals surface area contributed by atoms with Gasteiger partial charge in [0.05, 0.1) is 5.56 Å². The Kier molecular flexibility index (Phi) is 4.24. The number of nitrogens with one attached hydrogen (secondary N) is 2. The first kappa shape index (κ1) is 13.4. The third-order valence-electron chi connectivity index (χ3n) is 2.90. The Morgan fingerprint density at radius 2 is 1.94 bits per heavy atom. The molecule has 1 saturated carbocycles. The lowest BCUT2D eigenvalue weighted by Gasteiger charge is -2.09. The molecule has 1 fully saturated rings. The van der Waals surface area contributed by atoms with Gasteiger partial charge in [-0.25, -0.2) is 0 Å². The molecule has 0 aromatic heterocycles. The highest BCUT2D eigenvalue weighted by atomic mass is 19.4. The predicted octanol–water partition coefficient (Wildman–Crippen LogP) is 2.55. The second-order valence-electron chi connectivity index (χ2n) is 4.60. The van der Waals surface area contributed by atoms with E-state index in [2.05, 4.69) is 10.6 Å². The summed E-state index contributed by atoms with van der Waals surface area (Å²) in [6, 6.07) is 6.11. The van der Waals surface area contributed by atoms with Crippen LogP contribution in [0.2, 0.25) is 0 Å². The van der Waals surface area contributed by atoms with Crippen LogP contribution in [0.3, 0.4) is 0 Å². The molecule has 0 saturated heterocycles. The maximum atomic E-state index is 12.5. The van der Waals surface area contributed by atoms with Crippen LogP contribution in [0.1, 0.15) is 24.0 Å². The molecule has 1 aromatic rings. The third-order valence-corrected chi connectivity index (χ3v) is 2.90. The van der Waals surface area contributed by atoms with Crippen molar-refractivity contribution in [2.24, 2.45) is 0 Å². The smallest absolute Gasteiger partial charge is 0.313 e. The quantitative estimate of drug-likeness (QED) is 0.766. The SMILES string of the molecule is FC(F)(F)c1cccc(CNCCNC2CC2)c1. The van der Waals surface area contributed by atoms with E-state index >= 15 is 0 Å². The molecule has 0 atom stereocenters. The molecule has 1 aliphatic carbocycles. The molecule has 0 bridgehead atoms. The zero-order chi connectivity index (χ0) is 13.0. The molecule has 2 nitrogen and oxygen atoms in total. The molecule has 0 unspecified atom stereocenters. The summed E-state index contributed by atoms with van der Waals surface area (Å²) in [5.41, 5.74) is 0.0779. The Bertz CT molecular complexity index is 386. The van der Waals surface area contributed by atoms with Gasteiger partial charge >= 0.3 is 6.18 Å². The van der Waals surface area contributed by atoms with Crippen LogP contribution in [0.25, 0.3) is 0 Å². The fourth-order valence-electron chi connectivity index (χ4n) is 1.74. The molecule has 0 radical (unpaired) electrons. The number of hydrogen-bond donors (Lipinski definition) is 2. The van der Waals surface area contributed by atoms with Gasteiger partial charge in [0, 0.05) is 25.7 Å². The first-order valence-electron chi connectivity index (χ1n) is 6.16. The topological polar surface area (TPSA) is 24.1 Å². The summed E-state index contributed by atoms with van der Waals surface area (Å²) in [6.07, 6.45) is -1.77. The lowest BCUT2D eigenvalue weighted by molar-refractivity contribution is -0.137. The summed E-state index contributed by atoms with van der Waals surface area (Å²) in [6.45, 7) is 2.10. The van der Waals surface area contributed by atoms with Crippen molar-refractivity contribution < 1.29 is 13.2 Å². The van der Waals surface area contributed by atoms with Gasteiger partial charge in [0.2, 0.25) is 0 Å². The number of benzene rings is 1. The number of halogens is 3. The van der Waals surface area contributed by atoms with Crippen LogP contribution in [0.5, 0.6) is 0 Å². The van der Waals surface area contributed by atoms with Crippen molar-refractivity contribution >= 4 is 0 Å². The number of hydrogen-bond acceptors (Lipinski definition) is 2. The van der Waals surface area contributed by atoms with Crippen LogP contribution in [-0.2, 0) is 12.7 Å². The van der Waals surface area contributed by atoms with Crippen molar-refractivity contribution in [3.05, 3.63) is 35.4 Å². The molecule has 18 heavy (non-hydrogen) atoms. The van der Waals surface area contributed by atoms with Gasteiger partial charge < -0.3 is 10.6 Å². The largest absolute Gasteiger partial charge is 0.416 e. The fourth-order valence-corrected chi connectivity index (χ4v) is 1.74. The second-order valence-corrected chi connectivity index (χ2v) is 4.60. The first-order chi connectivity index (χ1) is 8.55. The van der Waals surface area contributed by atoms with Crippen molar-refractivity contribution in [3.63, 3.8) is 0 Å². The maximum Gasteiger partial charge on any atom is 0.416 e. The van der Waals surface area contributed by atoms with Gasteiger partial charge in [-0.05, 0) is 24.5 Å². The Balaban J connectivity index is 1.74. The molecule has 1 aliphatic rings. The van der Waals surface area contributed by atoms with E-state index in [-0.39, 0.29) is 0 Å². The van der Waals surface area contributed by atoms with Crippen molar-refractivity contribution in [2.45, 2.75) is 31.6 Å². The first-order valence-corrected chi connectivity index (χ1v) is 6.16. The minimum atomic E-state index is -4.26. The lowest BCUT2D eigenvalue weighted by atomic mass is 10.1. The van der Waals surface area contributed by atoms with Crippen LogP contribution in [0, 0.1) is 0 Å². The molecule has 0 heterocycles. The highest BCUT2D eigenvalue weighted by Gasteiger charge is 2.30. The molecule has 2 rings (SSSR count). The Morgan fingerprint density at radius 3 is 2.61 bits per heavy atom. The number of rotatable bonds is 6. The third kappa shape index (κ3) is 4.31. The zero-order valence-corrected chi connectivity index (χ0v) is 10.1. The lowest BCUT2D eigenvalue weighted by Crippen LogP contribution is -2.28. The van der Waals surface area contributed by atoms with Gasteiger partial charge in [-0.2, -0.15) is 13.2 Å². The van der Waals surface area contributed by atoms with E-state index in [1.807, 2.05) is 0 Å². The van der Waals surface area contributed by atoms with Crippen LogP contribution in [0.4, 0.5) is 13.2 Å². The van der Waals surface area contributed by atoms with Gasteiger partial charge in [0.15, 0.2) is 0 Å². The van der Waals surface area contributed by atoms with E-state index in [1.54, 1.807) is 6.07 Å². The van der Waals surface area contributed by atoms with Gasteiger partial charge in [0.25, 0.3) is 0 Å². The van der Waals surface area contributed by atoms with E-state index < -0.39 is 11.7 Å². The molecule has 0 amide bonds. The Morgan fingerprint density at radius 1 is 1.17 bits per heavy atom. The summed E-state index contributed by atoms with van der Waals surface area (Å²) in [4.78, 5) is 0. The summed E-state index contributed by atoms with van der Waals surface area (Å²) in [7, 11) is 0. The van der Waals surface area contributed by atoms with Gasteiger partial charge in [-0.15, -0.1) is 0 Å². The molecule has 5 heteroatoms. The highest BCUT2D eigenvalue weighted by Crippen LogP contribution is 2.29. The average molecular weight is 258 g/mol. The van der Waals surface area contributed by atoms with Crippen LogP contribution in [0.15, 0.2) is 24.3 Å². The standard InChI is InChI=1S/C13H17F3N2/c14-13(15,16)11-3-1-2-10(8-11)9-17-6-7-18-12-4-5-12/h1-3,8,12,17-18H,4-7,9H2. The fraction of sp³-hybridized carbons (Fsp3) is 0.538. The molecule has 1 aromatic carbocycles. The van der Waals surface area contributed by atoms with Crippen LogP contribution in [-0.4, -0.2) is 19.1 Å². The summed E-state index contributed by atoms with van der Waals surface area (Å²) in [5, 5.41) is 6.47. The van der Waals surface area contributed by atoms with Crippen LogP contribution < -0.4 is 10.6 Å². The highest BCUT2D eigenvalue weighted by molar-refractivity contribution is 5.25. The molecular formula is C13H17F3N2. The average Bonchev–Trinajstić information content (AvgIpc) is 3.12. The van der Waals surface area contributed by atoms with Crippen molar-refractivity contribution in [1.82, 2.24) is 10.6 Å². The molecule has 2 N–H and O–H groups in total. The molecule has 0 aliphatic heterocycles. The van der Waals surface area contributed by atoms with E-state index in [0.29, 0.717) is 18.2 Å². The van der Waals surface area contributed by atoms with Crippen molar-refractivity contribution in [1.29, 1.82) is 0 Å². The Labute approximate surface area is 105 Å². The predicted molar refractivity (Wildman–Crippen MR) is 64.2 cm³/mol. The van der Waals surface area contributed by atoms with Crippen molar-refractivity contribution in [2.75, 3.05) is 13.1 Å². The minimum absolute atomic E-state index is 0.469. The van der Waals surface area contributed by atoms with Crippen LogP contribution >= 0.6 is 0 Å². The van der Waals surface area contributed by atoms with E-state index in [9.17, 15) is 13.2 Å². The van der Waals surface area contributed by atoms with Gasteiger partial charge in [-0.1, -0.05) is 18.2 Å².